The third kappa shape index (κ3) is 2.13. The Labute approximate surface area is 107 Å². The van der Waals surface area contributed by atoms with E-state index in [0.29, 0.717) is 19.0 Å². The largest absolute Gasteiger partial charge is 0.330 e. The van der Waals surface area contributed by atoms with Crippen molar-refractivity contribution in [2.45, 2.75) is 52.4 Å². The molecular formula is C13H20FN3O. The summed E-state index contributed by atoms with van der Waals surface area (Å²) < 4.78 is 15.1. The Hall–Kier alpha value is -1.39. The van der Waals surface area contributed by atoms with Crippen LogP contribution in [-0.4, -0.2) is 33.3 Å². The van der Waals surface area contributed by atoms with Crippen molar-refractivity contribution in [1.82, 2.24) is 14.7 Å². The number of rotatable bonds is 2. The van der Waals surface area contributed by atoms with Crippen LogP contribution in [0.4, 0.5) is 4.39 Å². The van der Waals surface area contributed by atoms with E-state index >= 15 is 0 Å². The number of aromatic nitrogens is 2. The molecule has 4 nitrogen and oxygen atoms in total. The Balaban J connectivity index is 2.27. The molecule has 18 heavy (non-hydrogen) atoms. The first kappa shape index (κ1) is 13.1. The summed E-state index contributed by atoms with van der Waals surface area (Å²) in [5.41, 5.74) is 2.03. The lowest BCUT2D eigenvalue weighted by Gasteiger charge is -2.34. The number of carbonyl (C=O) groups is 1. The minimum absolute atomic E-state index is 0.107. The van der Waals surface area contributed by atoms with Crippen molar-refractivity contribution in [2.24, 2.45) is 0 Å². The Bertz CT molecular complexity index is 453. The summed E-state index contributed by atoms with van der Waals surface area (Å²) in [5, 5.41) is 4.52. The van der Waals surface area contributed by atoms with Gasteiger partial charge in [0.2, 0.25) is 0 Å². The lowest BCUT2D eigenvalue weighted by Crippen LogP contribution is -2.44. The zero-order valence-corrected chi connectivity index (χ0v) is 11.4. The summed E-state index contributed by atoms with van der Waals surface area (Å²) in [5.74, 6) is -0.0689. The van der Waals surface area contributed by atoms with Crippen molar-refractivity contribution < 1.29 is 9.18 Å². The average molecular weight is 253 g/mol. The molecule has 1 aromatic rings. The second kappa shape index (κ2) is 4.71. The summed E-state index contributed by atoms with van der Waals surface area (Å²) in [6.45, 7) is 8.57. The predicted octanol–water partition coefficient (Wildman–Crippen LogP) is 2.27. The quantitative estimate of drug-likeness (QED) is 0.811. The monoisotopic (exact) mass is 253 g/mol. The zero-order chi connectivity index (χ0) is 13.4. The van der Waals surface area contributed by atoms with Crippen molar-refractivity contribution in [3.63, 3.8) is 0 Å². The van der Waals surface area contributed by atoms with Crippen LogP contribution in [0.15, 0.2) is 6.07 Å². The predicted molar refractivity (Wildman–Crippen MR) is 67.0 cm³/mol. The molecule has 0 saturated heterocycles. The van der Waals surface area contributed by atoms with Gasteiger partial charge in [0.05, 0.1) is 24.0 Å². The van der Waals surface area contributed by atoms with E-state index in [4.69, 9.17) is 0 Å². The molecule has 5 heteroatoms. The minimum Gasteiger partial charge on any atom is -0.330 e. The fourth-order valence-corrected chi connectivity index (χ4v) is 2.33. The van der Waals surface area contributed by atoms with E-state index in [1.54, 1.807) is 4.90 Å². The van der Waals surface area contributed by atoms with Gasteiger partial charge in [0.25, 0.3) is 5.91 Å². The molecule has 1 amide bonds. The molecule has 0 spiro atoms. The van der Waals surface area contributed by atoms with Crippen molar-refractivity contribution in [3.8, 4) is 0 Å². The number of amides is 1. The van der Waals surface area contributed by atoms with Crippen LogP contribution in [0.25, 0.3) is 0 Å². The normalized spacial score (nSPS) is 21.0. The summed E-state index contributed by atoms with van der Waals surface area (Å²) in [4.78, 5) is 13.4. The summed E-state index contributed by atoms with van der Waals surface area (Å²) in [6.07, 6.45) is -1.44. The summed E-state index contributed by atoms with van der Waals surface area (Å²) in [6, 6.07) is 1.92. The number of nitrogens with zero attached hydrogens (tertiary/aromatic N) is 3. The Kier molecular flexibility index (Phi) is 3.41. The highest BCUT2D eigenvalue weighted by Gasteiger charge is 2.31. The summed E-state index contributed by atoms with van der Waals surface area (Å²) in [7, 11) is 0. The van der Waals surface area contributed by atoms with E-state index in [1.807, 2.05) is 17.7 Å². The van der Waals surface area contributed by atoms with Gasteiger partial charge >= 0.3 is 0 Å². The highest BCUT2D eigenvalue weighted by atomic mass is 19.1. The van der Waals surface area contributed by atoms with Gasteiger partial charge in [-0.2, -0.15) is 5.10 Å². The van der Waals surface area contributed by atoms with E-state index < -0.39 is 12.1 Å². The lowest BCUT2D eigenvalue weighted by molar-refractivity contribution is -0.139. The van der Waals surface area contributed by atoms with E-state index in [9.17, 15) is 9.18 Å². The van der Waals surface area contributed by atoms with Crippen LogP contribution >= 0.6 is 0 Å². The minimum atomic E-state index is -1.44. The van der Waals surface area contributed by atoms with Crippen LogP contribution in [0, 0.1) is 0 Å². The molecule has 0 saturated carbocycles. The Morgan fingerprint density at radius 2 is 2.11 bits per heavy atom. The van der Waals surface area contributed by atoms with Crippen LogP contribution in [0.2, 0.25) is 0 Å². The van der Waals surface area contributed by atoms with Gasteiger partial charge in [0, 0.05) is 6.54 Å². The number of fused-ring (bicyclic) bond motifs is 1. The first-order valence-corrected chi connectivity index (χ1v) is 6.44. The fraction of sp³-hybridized carbons (Fsp3) is 0.692. The van der Waals surface area contributed by atoms with Crippen molar-refractivity contribution in [1.29, 1.82) is 0 Å². The van der Waals surface area contributed by atoms with Gasteiger partial charge in [-0.05, 0) is 25.8 Å². The van der Waals surface area contributed by atoms with Gasteiger partial charge in [0.15, 0.2) is 6.17 Å². The Morgan fingerprint density at radius 3 is 2.67 bits per heavy atom. The molecule has 0 radical (unpaired) electrons. The van der Waals surface area contributed by atoms with Gasteiger partial charge in [0.1, 0.15) is 0 Å². The highest BCUT2D eigenvalue weighted by Crippen LogP contribution is 2.28. The molecule has 2 rings (SSSR count). The van der Waals surface area contributed by atoms with Crippen LogP contribution in [0.5, 0.6) is 0 Å². The van der Waals surface area contributed by atoms with E-state index in [-0.39, 0.29) is 6.04 Å². The van der Waals surface area contributed by atoms with Gasteiger partial charge in [-0.25, -0.2) is 4.39 Å². The number of halogens is 1. The van der Waals surface area contributed by atoms with Crippen molar-refractivity contribution in [3.05, 3.63) is 17.5 Å². The molecule has 0 bridgehead atoms. The maximum atomic E-state index is 13.1. The molecule has 0 aliphatic carbocycles. The van der Waals surface area contributed by atoms with Gasteiger partial charge in [-0.1, -0.05) is 13.8 Å². The fourth-order valence-electron chi connectivity index (χ4n) is 2.33. The van der Waals surface area contributed by atoms with Crippen LogP contribution in [0.3, 0.4) is 0 Å². The molecule has 1 aliphatic rings. The number of hydrogen-bond donors (Lipinski definition) is 0. The molecular weight excluding hydrogens is 233 g/mol. The molecule has 1 aromatic heterocycles. The second-order valence-electron chi connectivity index (χ2n) is 5.20. The number of carbonyl (C=O) groups excluding carboxylic acids is 1. The average Bonchev–Trinajstić information content (AvgIpc) is 2.73. The van der Waals surface area contributed by atoms with Crippen molar-refractivity contribution >= 4 is 5.91 Å². The molecule has 0 fully saturated rings. The molecule has 2 atom stereocenters. The van der Waals surface area contributed by atoms with Crippen LogP contribution < -0.4 is 0 Å². The second-order valence-corrected chi connectivity index (χ2v) is 5.20. The lowest BCUT2D eigenvalue weighted by atomic mass is 10.1. The van der Waals surface area contributed by atoms with Crippen molar-refractivity contribution in [2.75, 3.05) is 6.54 Å². The van der Waals surface area contributed by atoms with E-state index in [2.05, 4.69) is 18.9 Å². The van der Waals surface area contributed by atoms with Crippen LogP contribution in [0.1, 0.15) is 51.0 Å². The van der Waals surface area contributed by atoms with Gasteiger partial charge in [-0.15, -0.1) is 0 Å². The van der Waals surface area contributed by atoms with Gasteiger partial charge < -0.3 is 4.90 Å². The zero-order valence-electron chi connectivity index (χ0n) is 11.4. The number of alkyl halides is 1. The number of hydrogen-bond acceptors (Lipinski definition) is 2. The molecule has 0 aromatic carbocycles. The molecule has 2 unspecified atom stereocenters. The molecule has 0 N–H and O–H groups in total. The topological polar surface area (TPSA) is 38.1 Å². The SMILES string of the molecule is CC(F)C(=O)N1CCn2nc(C(C)C)cc2C1C. The third-order valence-electron chi connectivity index (χ3n) is 3.49. The highest BCUT2D eigenvalue weighted by molar-refractivity contribution is 5.80. The first-order chi connectivity index (χ1) is 8.41. The summed E-state index contributed by atoms with van der Waals surface area (Å²) >= 11 is 0. The van der Waals surface area contributed by atoms with Crippen LogP contribution in [-0.2, 0) is 11.3 Å². The molecule has 2 heterocycles. The first-order valence-electron chi connectivity index (χ1n) is 6.44. The molecule has 1 aliphatic heterocycles. The van der Waals surface area contributed by atoms with E-state index in [1.165, 1.54) is 6.92 Å². The smallest absolute Gasteiger partial charge is 0.257 e. The Morgan fingerprint density at radius 1 is 1.44 bits per heavy atom. The maximum Gasteiger partial charge on any atom is 0.257 e. The molecule has 100 valence electrons. The standard InChI is InChI=1S/C13H20FN3O/c1-8(2)11-7-12-10(4)16(13(18)9(3)14)5-6-17(12)15-11/h7-10H,5-6H2,1-4H3. The van der Waals surface area contributed by atoms with Gasteiger partial charge in [-0.3, -0.25) is 9.48 Å². The maximum absolute atomic E-state index is 13.1. The van der Waals surface area contributed by atoms with E-state index in [0.717, 1.165) is 11.4 Å². The third-order valence-corrected chi connectivity index (χ3v) is 3.49.